The minimum atomic E-state index is -0.462. The molecule has 0 saturated carbocycles. The molecule has 0 N–H and O–H groups in total. The third-order valence-electron chi connectivity index (χ3n) is 6.57. The van der Waals surface area contributed by atoms with Crippen LogP contribution in [0.3, 0.4) is 0 Å². The Kier molecular flexibility index (Phi) is 5.40. The van der Waals surface area contributed by atoms with Crippen molar-refractivity contribution in [3.63, 3.8) is 0 Å². The predicted octanol–water partition coefficient (Wildman–Crippen LogP) is 3.01. The Bertz CT molecular complexity index is 1400. The maximum atomic E-state index is 14.5. The Hall–Kier alpha value is -3.86. The molecule has 11 heteroatoms. The first-order chi connectivity index (χ1) is 17.1. The number of benzene rings is 1. The van der Waals surface area contributed by atoms with E-state index in [1.54, 1.807) is 32.7 Å². The van der Waals surface area contributed by atoms with Crippen LogP contribution in [-0.2, 0) is 4.74 Å². The highest BCUT2D eigenvalue weighted by Crippen LogP contribution is 2.37. The second kappa shape index (κ2) is 8.73. The number of aromatic nitrogens is 5. The van der Waals surface area contributed by atoms with Crippen molar-refractivity contribution in [1.29, 1.82) is 0 Å². The number of amides is 1. The summed E-state index contributed by atoms with van der Waals surface area (Å²) in [6.07, 6.45) is 8.16. The number of carbonyl (C=O) groups excluding carboxylic acids is 1. The SMILES string of the molecule is O=C(c1cnn(-c2cnn3ccc(N4CCC[C@@H]4c4cc(F)ccc4F)nc23)c1)N1CCOCC1. The summed E-state index contributed by atoms with van der Waals surface area (Å²) >= 11 is 0. The van der Waals surface area contributed by atoms with Gasteiger partial charge in [0.1, 0.15) is 23.1 Å². The van der Waals surface area contributed by atoms with Crippen molar-refractivity contribution in [2.45, 2.75) is 18.9 Å². The zero-order valence-corrected chi connectivity index (χ0v) is 18.8. The first-order valence-corrected chi connectivity index (χ1v) is 11.6. The summed E-state index contributed by atoms with van der Waals surface area (Å²) in [5.74, 6) is -0.344. The highest BCUT2D eigenvalue weighted by atomic mass is 19.1. The van der Waals surface area contributed by atoms with Gasteiger partial charge < -0.3 is 14.5 Å². The first-order valence-electron chi connectivity index (χ1n) is 11.6. The van der Waals surface area contributed by atoms with Gasteiger partial charge in [-0.05, 0) is 37.1 Å². The van der Waals surface area contributed by atoms with Gasteiger partial charge in [0.2, 0.25) is 0 Å². The number of nitrogens with zero attached hydrogens (tertiary/aromatic N) is 7. The van der Waals surface area contributed by atoms with Crippen molar-refractivity contribution < 1.29 is 18.3 Å². The summed E-state index contributed by atoms with van der Waals surface area (Å²) in [5, 5.41) is 8.74. The van der Waals surface area contributed by atoms with Crippen LogP contribution in [0.25, 0.3) is 11.3 Å². The number of rotatable bonds is 4. The maximum absolute atomic E-state index is 14.5. The lowest BCUT2D eigenvalue weighted by Gasteiger charge is -2.26. The van der Waals surface area contributed by atoms with Gasteiger partial charge in [-0.15, -0.1) is 0 Å². The van der Waals surface area contributed by atoms with E-state index in [0.717, 1.165) is 12.5 Å². The second-order valence-electron chi connectivity index (χ2n) is 8.68. The molecule has 2 saturated heterocycles. The van der Waals surface area contributed by atoms with Crippen molar-refractivity contribution >= 4 is 17.4 Å². The van der Waals surface area contributed by atoms with Crippen LogP contribution in [-0.4, -0.2) is 68.0 Å². The Balaban J connectivity index is 1.32. The standard InChI is InChI=1S/C24H23F2N7O2/c25-17-3-4-19(26)18(12-17)20-2-1-6-31(20)22-5-7-32-23(29-22)21(14-28-32)33-15-16(13-27-33)24(34)30-8-10-35-11-9-30/h3-5,7,12-15,20H,1-2,6,8-11H2/t20-/m1/s1. The smallest absolute Gasteiger partial charge is 0.257 e. The molecular formula is C24H23F2N7O2. The summed E-state index contributed by atoms with van der Waals surface area (Å²) in [4.78, 5) is 21.4. The summed E-state index contributed by atoms with van der Waals surface area (Å²) < 4.78 is 36.9. The van der Waals surface area contributed by atoms with E-state index >= 15 is 0 Å². The van der Waals surface area contributed by atoms with E-state index in [0.29, 0.717) is 67.5 Å². The van der Waals surface area contributed by atoms with Crippen molar-refractivity contribution in [2.24, 2.45) is 0 Å². The number of anilines is 1. The van der Waals surface area contributed by atoms with Crippen LogP contribution in [0.2, 0.25) is 0 Å². The molecule has 3 aromatic heterocycles. The summed E-state index contributed by atoms with van der Waals surface area (Å²) in [7, 11) is 0. The number of hydrogen-bond acceptors (Lipinski definition) is 6. The van der Waals surface area contributed by atoms with Crippen LogP contribution in [0.5, 0.6) is 0 Å². The van der Waals surface area contributed by atoms with Crippen LogP contribution in [0.1, 0.15) is 34.8 Å². The summed E-state index contributed by atoms with van der Waals surface area (Å²) in [5.41, 5.74) is 1.96. The highest BCUT2D eigenvalue weighted by Gasteiger charge is 2.30. The molecule has 1 amide bonds. The Labute approximate surface area is 199 Å². The molecule has 0 radical (unpaired) electrons. The van der Waals surface area contributed by atoms with Gasteiger partial charge >= 0.3 is 0 Å². The van der Waals surface area contributed by atoms with Gasteiger partial charge in [-0.25, -0.2) is 23.0 Å². The molecule has 180 valence electrons. The van der Waals surface area contributed by atoms with Crippen molar-refractivity contribution in [3.05, 3.63) is 71.8 Å². The molecule has 6 rings (SSSR count). The molecule has 0 aliphatic carbocycles. The van der Waals surface area contributed by atoms with Gasteiger partial charge in [0.15, 0.2) is 5.65 Å². The third kappa shape index (κ3) is 3.91. The van der Waals surface area contributed by atoms with Gasteiger partial charge in [-0.1, -0.05) is 0 Å². The molecule has 2 fully saturated rings. The van der Waals surface area contributed by atoms with E-state index in [9.17, 15) is 13.6 Å². The lowest BCUT2D eigenvalue weighted by Crippen LogP contribution is -2.40. The molecule has 2 aliphatic rings. The van der Waals surface area contributed by atoms with Crippen LogP contribution in [0, 0.1) is 11.6 Å². The van der Waals surface area contributed by atoms with E-state index < -0.39 is 11.6 Å². The third-order valence-corrected chi connectivity index (χ3v) is 6.57. The Morgan fingerprint density at radius 1 is 1.06 bits per heavy atom. The van der Waals surface area contributed by atoms with Crippen molar-refractivity contribution in [1.82, 2.24) is 29.3 Å². The van der Waals surface area contributed by atoms with Crippen LogP contribution in [0.4, 0.5) is 14.6 Å². The van der Waals surface area contributed by atoms with Gasteiger partial charge in [0, 0.05) is 37.6 Å². The fourth-order valence-corrected chi connectivity index (χ4v) is 4.82. The Morgan fingerprint density at radius 2 is 1.91 bits per heavy atom. The molecule has 0 bridgehead atoms. The number of hydrogen-bond donors (Lipinski definition) is 0. The van der Waals surface area contributed by atoms with E-state index in [-0.39, 0.29) is 11.9 Å². The fourth-order valence-electron chi connectivity index (χ4n) is 4.82. The zero-order chi connectivity index (χ0) is 23.9. The number of ether oxygens (including phenoxy) is 1. The Morgan fingerprint density at radius 3 is 2.77 bits per heavy atom. The van der Waals surface area contributed by atoms with Crippen LogP contribution < -0.4 is 4.90 Å². The molecule has 0 unspecified atom stereocenters. The minimum absolute atomic E-state index is 0.0956. The summed E-state index contributed by atoms with van der Waals surface area (Å²) in [6.45, 7) is 2.83. The quantitative estimate of drug-likeness (QED) is 0.448. The molecule has 2 aliphatic heterocycles. The van der Waals surface area contributed by atoms with Crippen LogP contribution in [0.15, 0.2) is 49.1 Å². The van der Waals surface area contributed by atoms with Crippen LogP contribution >= 0.6 is 0 Å². The molecular weight excluding hydrogens is 456 g/mol. The maximum Gasteiger partial charge on any atom is 0.257 e. The van der Waals surface area contributed by atoms with E-state index in [1.807, 2.05) is 11.0 Å². The van der Waals surface area contributed by atoms with E-state index in [2.05, 4.69) is 10.2 Å². The lowest BCUT2D eigenvalue weighted by molar-refractivity contribution is 0.0303. The normalized spacial score (nSPS) is 18.5. The molecule has 35 heavy (non-hydrogen) atoms. The largest absolute Gasteiger partial charge is 0.378 e. The van der Waals surface area contributed by atoms with Crippen molar-refractivity contribution in [2.75, 3.05) is 37.7 Å². The molecule has 1 atom stereocenters. The molecule has 0 spiro atoms. The van der Waals surface area contributed by atoms with E-state index in [4.69, 9.17) is 9.72 Å². The number of fused-ring (bicyclic) bond motifs is 1. The zero-order valence-electron chi connectivity index (χ0n) is 18.8. The van der Waals surface area contributed by atoms with E-state index in [1.165, 1.54) is 18.3 Å². The molecule has 5 heterocycles. The molecule has 4 aromatic rings. The molecule has 9 nitrogen and oxygen atoms in total. The number of carbonyl (C=O) groups is 1. The number of halogens is 2. The van der Waals surface area contributed by atoms with Crippen molar-refractivity contribution in [3.8, 4) is 5.69 Å². The van der Waals surface area contributed by atoms with Gasteiger partial charge in [0.05, 0.1) is 37.2 Å². The average Bonchev–Trinajstić information content (AvgIpc) is 3.64. The number of morpholine rings is 1. The first kappa shape index (κ1) is 21.7. The second-order valence-corrected chi connectivity index (χ2v) is 8.68. The minimum Gasteiger partial charge on any atom is -0.378 e. The topological polar surface area (TPSA) is 80.8 Å². The monoisotopic (exact) mass is 479 g/mol. The predicted molar refractivity (Wildman–Crippen MR) is 123 cm³/mol. The van der Waals surface area contributed by atoms with Gasteiger partial charge in [0.25, 0.3) is 5.91 Å². The highest BCUT2D eigenvalue weighted by molar-refractivity contribution is 5.94. The van der Waals surface area contributed by atoms with Gasteiger partial charge in [-0.2, -0.15) is 10.2 Å². The summed E-state index contributed by atoms with van der Waals surface area (Å²) in [6, 6.07) is 5.06. The fraction of sp³-hybridized carbons (Fsp3) is 0.333. The average molecular weight is 479 g/mol. The molecule has 1 aromatic carbocycles. The lowest BCUT2D eigenvalue weighted by atomic mass is 10.0. The van der Waals surface area contributed by atoms with Gasteiger partial charge in [-0.3, -0.25) is 4.79 Å².